The van der Waals surface area contributed by atoms with Crippen LogP contribution in [0.2, 0.25) is 18.1 Å². The second-order valence-electron chi connectivity index (χ2n) is 11.1. The maximum Gasteiger partial charge on any atom is 0.414 e. The SMILES string of the molecule is CC(=O)NC[C@H]1CN(c2ccc(-c3ccc(C4=C[C@H](CO[Si](C)(C)C(C)(C)C)ON4)cc3)cc2)C(=O)O1. The molecule has 37 heavy (non-hydrogen) atoms. The molecular weight excluding hydrogens is 486 g/mol. The molecular formula is C28H37N3O5Si. The molecule has 0 saturated carbocycles. The van der Waals surface area contributed by atoms with Crippen LogP contribution >= 0.6 is 0 Å². The largest absolute Gasteiger partial charge is 0.442 e. The van der Waals surface area contributed by atoms with E-state index in [4.69, 9.17) is 14.0 Å². The summed E-state index contributed by atoms with van der Waals surface area (Å²) < 4.78 is 11.7. The first-order chi connectivity index (χ1) is 17.4. The maximum atomic E-state index is 12.3. The zero-order chi connectivity index (χ0) is 26.8. The highest BCUT2D eigenvalue weighted by Crippen LogP contribution is 2.37. The van der Waals surface area contributed by atoms with Crippen LogP contribution in [-0.4, -0.2) is 52.2 Å². The van der Waals surface area contributed by atoms with Gasteiger partial charge in [0.05, 0.1) is 25.4 Å². The van der Waals surface area contributed by atoms with Gasteiger partial charge in [0.25, 0.3) is 0 Å². The van der Waals surface area contributed by atoms with Crippen LogP contribution in [-0.2, 0) is 18.8 Å². The minimum Gasteiger partial charge on any atom is -0.442 e. The molecule has 0 aromatic heterocycles. The summed E-state index contributed by atoms with van der Waals surface area (Å²) in [4.78, 5) is 30.7. The number of nitrogens with zero attached hydrogens (tertiary/aromatic N) is 1. The third-order valence-electron chi connectivity index (χ3n) is 7.25. The monoisotopic (exact) mass is 523 g/mol. The van der Waals surface area contributed by atoms with Gasteiger partial charge in [-0.15, -0.1) is 0 Å². The smallest absolute Gasteiger partial charge is 0.414 e. The average molecular weight is 524 g/mol. The molecule has 0 bridgehead atoms. The van der Waals surface area contributed by atoms with Crippen LogP contribution in [0.4, 0.5) is 10.5 Å². The van der Waals surface area contributed by atoms with Gasteiger partial charge in [-0.3, -0.25) is 20.0 Å². The maximum absolute atomic E-state index is 12.3. The molecule has 2 amide bonds. The van der Waals surface area contributed by atoms with Crippen molar-refractivity contribution in [1.29, 1.82) is 0 Å². The molecule has 0 spiro atoms. The summed E-state index contributed by atoms with van der Waals surface area (Å²) in [5.41, 5.74) is 7.90. The molecule has 2 aromatic carbocycles. The number of benzene rings is 2. The van der Waals surface area contributed by atoms with Crippen LogP contribution in [0.25, 0.3) is 16.8 Å². The van der Waals surface area contributed by atoms with Crippen LogP contribution < -0.4 is 15.7 Å². The van der Waals surface area contributed by atoms with Gasteiger partial charge >= 0.3 is 6.09 Å². The average Bonchev–Trinajstić information content (AvgIpc) is 3.48. The zero-order valence-corrected chi connectivity index (χ0v) is 23.5. The van der Waals surface area contributed by atoms with Gasteiger partial charge < -0.3 is 14.5 Å². The van der Waals surface area contributed by atoms with Crippen LogP contribution in [0.1, 0.15) is 33.3 Å². The highest BCUT2D eigenvalue weighted by molar-refractivity contribution is 6.74. The Balaban J connectivity index is 1.36. The Morgan fingerprint density at radius 3 is 2.27 bits per heavy atom. The molecule has 2 atom stereocenters. The van der Waals surface area contributed by atoms with Crippen LogP contribution in [0.15, 0.2) is 54.6 Å². The number of carbonyl (C=O) groups is 2. The fourth-order valence-electron chi connectivity index (χ4n) is 3.91. The van der Waals surface area contributed by atoms with Gasteiger partial charge in [-0.1, -0.05) is 57.2 Å². The van der Waals surface area contributed by atoms with Gasteiger partial charge in [-0.25, -0.2) is 4.79 Å². The van der Waals surface area contributed by atoms with Crippen molar-refractivity contribution in [3.05, 3.63) is 60.2 Å². The topological polar surface area (TPSA) is 89.1 Å². The lowest BCUT2D eigenvalue weighted by atomic mass is 10.0. The number of rotatable bonds is 8. The van der Waals surface area contributed by atoms with E-state index in [2.05, 4.69) is 75.0 Å². The quantitative estimate of drug-likeness (QED) is 0.469. The minimum absolute atomic E-state index is 0.119. The molecule has 1 fully saturated rings. The van der Waals surface area contributed by atoms with E-state index in [1.54, 1.807) is 4.90 Å². The van der Waals surface area contributed by atoms with E-state index in [9.17, 15) is 9.59 Å². The van der Waals surface area contributed by atoms with E-state index in [-0.39, 0.29) is 23.2 Å². The summed E-state index contributed by atoms with van der Waals surface area (Å²) in [6, 6.07) is 16.1. The van der Waals surface area contributed by atoms with Crippen molar-refractivity contribution in [3.63, 3.8) is 0 Å². The first-order valence-corrected chi connectivity index (χ1v) is 15.5. The van der Waals surface area contributed by atoms with Crippen molar-refractivity contribution in [3.8, 4) is 11.1 Å². The molecule has 4 rings (SSSR count). The van der Waals surface area contributed by atoms with Crippen molar-refractivity contribution in [2.24, 2.45) is 0 Å². The number of amides is 2. The molecule has 9 heteroatoms. The number of ether oxygens (including phenoxy) is 1. The summed E-state index contributed by atoms with van der Waals surface area (Å²) >= 11 is 0. The van der Waals surface area contributed by atoms with Crippen LogP contribution in [0, 0.1) is 0 Å². The standard InChI is InChI=1S/C28H37N3O5Si/c1-19(32)29-16-25-17-31(27(33)35-25)23-13-11-21(12-14-23)20-7-9-22(10-8-20)26-15-24(36-30-26)18-34-37(5,6)28(2,3)4/h7-15,24-25,30H,16-18H2,1-6H3,(H,29,32)/t24-,25+/m1/s1. The number of anilines is 1. The summed E-state index contributed by atoms with van der Waals surface area (Å²) in [5, 5.41) is 2.85. The van der Waals surface area contributed by atoms with Gasteiger partial charge in [0, 0.05) is 12.6 Å². The lowest BCUT2D eigenvalue weighted by molar-refractivity contribution is -0.119. The van der Waals surface area contributed by atoms with Gasteiger partial charge in [-0.05, 0) is 53.0 Å². The molecule has 0 radical (unpaired) electrons. The van der Waals surface area contributed by atoms with E-state index in [1.165, 1.54) is 6.92 Å². The lowest BCUT2D eigenvalue weighted by Crippen LogP contribution is -2.42. The Kier molecular flexibility index (Phi) is 7.77. The normalized spacial score (nSPS) is 19.9. The molecule has 1 saturated heterocycles. The molecule has 2 N–H and O–H groups in total. The minimum atomic E-state index is -1.83. The second-order valence-corrected chi connectivity index (χ2v) is 15.9. The van der Waals surface area contributed by atoms with Crippen LogP contribution in [0.5, 0.6) is 0 Å². The van der Waals surface area contributed by atoms with Gasteiger partial charge in [0.1, 0.15) is 12.2 Å². The first-order valence-electron chi connectivity index (χ1n) is 12.6. The number of nitrogens with one attached hydrogen (secondary N) is 2. The van der Waals surface area contributed by atoms with E-state index < -0.39 is 14.4 Å². The Labute approximate surface area is 220 Å². The summed E-state index contributed by atoms with van der Waals surface area (Å²) in [7, 11) is -1.83. The molecule has 0 unspecified atom stereocenters. The van der Waals surface area contributed by atoms with E-state index in [0.717, 1.165) is 28.1 Å². The summed E-state index contributed by atoms with van der Waals surface area (Å²) in [6.45, 7) is 13.9. The second kappa shape index (κ2) is 10.7. The summed E-state index contributed by atoms with van der Waals surface area (Å²) in [5.74, 6) is -0.145. The number of hydroxylamine groups is 1. The van der Waals surface area contributed by atoms with Gasteiger partial charge in [-0.2, -0.15) is 0 Å². The summed E-state index contributed by atoms with van der Waals surface area (Å²) in [6.07, 6.45) is 1.20. The fraction of sp³-hybridized carbons (Fsp3) is 0.429. The predicted octanol–water partition coefficient (Wildman–Crippen LogP) is 5.08. The molecule has 2 heterocycles. The van der Waals surface area contributed by atoms with Crippen molar-refractivity contribution in [2.75, 3.05) is 24.6 Å². The Hall–Kier alpha value is -3.14. The van der Waals surface area contributed by atoms with Gasteiger partial charge in [0.15, 0.2) is 8.32 Å². The fourth-order valence-corrected chi connectivity index (χ4v) is 4.92. The van der Waals surface area contributed by atoms with E-state index in [1.807, 2.05) is 24.3 Å². The van der Waals surface area contributed by atoms with Crippen molar-refractivity contribution >= 4 is 31.7 Å². The number of cyclic esters (lactones) is 1. The third kappa shape index (κ3) is 6.41. The molecule has 2 aliphatic rings. The van der Waals surface area contributed by atoms with Crippen molar-refractivity contribution in [1.82, 2.24) is 10.8 Å². The Morgan fingerprint density at radius 2 is 1.68 bits per heavy atom. The number of hydrogen-bond donors (Lipinski definition) is 2. The third-order valence-corrected chi connectivity index (χ3v) is 11.7. The molecule has 8 nitrogen and oxygen atoms in total. The highest BCUT2D eigenvalue weighted by Gasteiger charge is 2.38. The van der Waals surface area contributed by atoms with Crippen LogP contribution in [0.3, 0.4) is 0 Å². The predicted molar refractivity (Wildman–Crippen MR) is 147 cm³/mol. The van der Waals surface area contributed by atoms with Gasteiger partial charge in [0.2, 0.25) is 5.91 Å². The number of hydrogen-bond acceptors (Lipinski definition) is 6. The number of carbonyl (C=O) groups excluding carboxylic acids is 2. The lowest BCUT2D eigenvalue weighted by Gasteiger charge is -2.36. The van der Waals surface area contributed by atoms with E-state index in [0.29, 0.717) is 19.7 Å². The Bertz CT molecular complexity index is 1160. The molecule has 2 aromatic rings. The van der Waals surface area contributed by atoms with Crippen molar-refractivity contribution < 1.29 is 23.6 Å². The molecule has 2 aliphatic heterocycles. The van der Waals surface area contributed by atoms with Crippen molar-refractivity contribution in [2.45, 2.75) is 58.0 Å². The molecule has 0 aliphatic carbocycles. The Morgan fingerprint density at radius 1 is 1.08 bits per heavy atom. The highest BCUT2D eigenvalue weighted by atomic mass is 28.4. The zero-order valence-electron chi connectivity index (χ0n) is 22.5. The molecule has 198 valence electrons. The first kappa shape index (κ1) is 26.9. The van der Waals surface area contributed by atoms with E-state index >= 15 is 0 Å².